The molecule has 13 heteroatoms. The molecule has 5 heterocycles. The van der Waals surface area contributed by atoms with Crippen molar-refractivity contribution in [2.75, 3.05) is 66.3 Å². The Morgan fingerprint density at radius 3 is 2.43 bits per heavy atom. The fourth-order valence-corrected chi connectivity index (χ4v) is 8.69. The average molecular weight is 743 g/mol. The van der Waals surface area contributed by atoms with Gasteiger partial charge in [-0.1, -0.05) is 85.0 Å². The molecule has 8 atom stereocenters. The van der Waals surface area contributed by atoms with Crippen LogP contribution in [0, 0.1) is 11.8 Å². The molecule has 7 rings (SSSR count). The molecule has 3 fully saturated rings. The third kappa shape index (κ3) is 7.60. The maximum absolute atomic E-state index is 15.1. The van der Waals surface area contributed by atoms with Crippen LogP contribution in [-0.2, 0) is 44.5 Å². The number of benzene rings is 2. The summed E-state index contributed by atoms with van der Waals surface area (Å²) in [5.41, 5.74) is -0.000161. The second-order valence-electron chi connectivity index (χ2n) is 14.6. The zero-order chi connectivity index (χ0) is 37.7. The minimum Gasteiger partial charge on any atom is -0.455 e. The third-order valence-electron chi connectivity index (χ3n) is 11.3. The van der Waals surface area contributed by atoms with Crippen molar-refractivity contribution in [1.29, 1.82) is 0 Å². The number of carbonyl (C=O) groups is 4. The summed E-state index contributed by atoms with van der Waals surface area (Å²) < 4.78 is 24.3. The predicted octanol–water partition coefficient (Wildman–Crippen LogP) is 1.67. The molecule has 3 amide bonds. The van der Waals surface area contributed by atoms with Crippen LogP contribution in [0.3, 0.4) is 0 Å². The lowest BCUT2D eigenvalue weighted by Crippen LogP contribution is -2.59. The molecule has 3 saturated heterocycles. The molecule has 5 aliphatic heterocycles. The molecule has 0 aliphatic carbocycles. The van der Waals surface area contributed by atoms with Crippen LogP contribution in [0.5, 0.6) is 0 Å². The van der Waals surface area contributed by atoms with Crippen LogP contribution in [-0.4, -0.2) is 140 Å². The number of fused-ring (bicyclic) bond motifs is 2. The van der Waals surface area contributed by atoms with Gasteiger partial charge in [0.15, 0.2) is 0 Å². The Balaban J connectivity index is 1.29. The molecule has 0 aromatic heterocycles. The van der Waals surface area contributed by atoms with Gasteiger partial charge in [-0.25, -0.2) is 0 Å². The van der Waals surface area contributed by atoms with Crippen molar-refractivity contribution in [2.24, 2.45) is 11.8 Å². The molecule has 2 N–H and O–H groups in total. The van der Waals surface area contributed by atoms with Crippen molar-refractivity contribution >= 4 is 23.7 Å². The zero-order valence-electron chi connectivity index (χ0n) is 30.7. The third-order valence-corrected chi connectivity index (χ3v) is 11.3. The van der Waals surface area contributed by atoms with E-state index in [0.29, 0.717) is 51.3 Å². The number of esters is 1. The number of allylic oxidation sites excluding steroid dienone is 1. The summed E-state index contributed by atoms with van der Waals surface area (Å²) in [5, 5.41) is 13.9. The Labute approximate surface area is 315 Å². The Bertz CT molecular complexity index is 1700. The van der Waals surface area contributed by atoms with E-state index >= 15 is 4.79 Å². The van der Waals surface area contributed by atoms with Gasteiger partial charge >= 0.3 is 5.97 Å². The molecule has 288 valence electrons. The van der Waals surface area contributed by atoms with E-state index in [4.69, 9.17) is 18.9 Å². The largest absolute Gasteiger partial charge is 0.455 e. The van der Waals surface area contributed by atoms with Gasteiger partial charge in [-0.05, 0) is 24.0 Å². The van der Waals surface area contributed by atoms with E-state index in [9.17, 15) is 19.5 Å². The van der Waals surface area contributed by atoms with Crippen LogP contribution >= 0.6 is 0 Å². The average Bonchev–Trinajstić information content (AvgIpc) is 3.59. The van der Waals surface area contributed by atoms with Crippen molar-refractivity contribution in [3.05, 3.63) is 96.1 Å². The van der Waals surface area contributed by atoms with Crippen molar-refractivity contribution < 1.29 is 43.2 Å². The molecule has 13 nitrogen and oxygen atoms in total. The second-order valence-corrected chi connectivity index (χ2v) is 14.6. The van der Waals surface area contributed by atoms with Gasteiger partial charge < -0.3 is 39.2 Å². The van der Waals surface area contributed by atoms with E-state index in [1.165, 1.54) is 12.0 Å². The number of aliphatic hydroxyl groups is 1. The van der Waals surface area contributed by atoms with Gasteiger partial charge in [0.1, 0.15) is 23.7 Å². The van der Waals surface area contributed by atoms with E-state index in [2.05, 4.69) is 10.2 Å². The standard InChI is InChI=1S/C41H50N4O9/c1-51-27-31-36(29-13-6-3-7-14-29)53-40(50)34-32(15-8-9-16-33(47)42-31)54-41-17-10-18-44(20-19-43-21-23-52-24-22-43)39(49)37(41)45(38(48)35(34)41)30(26-46)25-28-11-4-2-5-12-28/h2-8,10-15,17,30-32,34-37,46H,9,16,18-27H2,1H3,(H,42,47)/b15-8-/t30-,31-,32-,34+,35+,36-,37-,41+/m1/s1. The van der Waals surface area contributed by atoms with Gasteiger partial charge in [-0.3, -0.25) is 24.1 Å². The molecular weight excluding hydrogens is 692 g/mol. The Kier molecular flexibility index (Phi) is 11.9. The van der Waals surface area contributed by atoms with Crippen LogP contribution < -0.4 is 5.32 Å². The quantitative estimate of drug-likeness (QED) is 0.272. The molecule has 2 aromatic rings. The molecular formula is C41H50N4O9. The van der Waals surface area contributed by atoms with Gasteiger partial charge in [-0.2, -0.15) is 0 Å². The van der Waals surface area contributed by atoms with Gasteiger partial charge in [0.2, 0.25) is 17.7 Å². The summed E-state index contributed by atoms with van der Waals surface area (Å²) in [5.74, 6) is -3.95. The summed E-state index contributed by atoms with van der Waals surface area (Å²) in [7, 11) is 1.51. The highest BCUT2D eigenvalue weighted by molar-refractivity contribution is 5.99. The van der Waals surface area contributed by atoms with Crippen LogP contribution in [0.1, 0.15) is 30.1 Å². The fourth-order valence-electron chi connectivity index (χ4n) is 8.69. The molecule has 0 saturated carbocycles. The van der Waals surface area contributed by atoms with E-state index in [1.54, 1.807) is 23.1 Å². The van der Waals surface area contributed by atoms with E-state index in [-0.39, 0.29) is 24.8 Å². The van der Waals surface area contributed by atoms with Crippen molar-refractivity contribution in [1.82, 2.24) is 20.0 Å². The van der Waals surface area contributed by atoms with Crippen LogP contribution in [0.25, 0.3) is 0 Å². The summed E-state index contributed by atoms with van der Waals surface area (Å²) in [6.07, 6.45) is 6.10. The number of nitrogens with zero attached hydrogens (tertiary/aromatic N) is 3. The first kappa shape index (κ1) is 37.9. The molecule has 2 aromatic carbocycles. The first-order valence-corrected chi connectivity index (χ1v) is 19.0. The van der Waals surface area contributed by atoms with Crippen LogP contribution in [0.2, 0.25) is 0 Å². The molecule has 0 radical (unpaired) electrons. The Morgan fingerprint density at radius 2 is 1.70 bits per heavy atom. The predicted molar refractivity (Wildman–Crippen MR) is 197 cm³/mol. The van der Waals surface area contributed by atoms with Gasteiger partial charge in [-0.15, -0.1) is 0 Å². The number of amides is 3. The topological polar surface area (TPSA) is 147 Å². The maximum atomic E-state index is 15.1. The fraction of sp³-hybridized carbons (Fsp3) is 0.512. The number of hydrogen-bond donors (Lipinski definition) is 2. The van der Waals surface area contributed by atoms with E-state index < -0.39 is 66.3 Å². The normalized spacial score (nSPS) is 31.7. The molecule has 5 aliphatic rings. The Hall–Kier alpha value is -4.40. The Morgan fingerprint density at radius 1 is 0.963 bits per heavy atom. The van der Waals surface area contributed by atoms with Crippen molar-refractivity contribution in [3.63, 3.8) is 0 Å². The van der Waals surface area contributed by atoms with E-state index in [1.807, 2.05) is 66.7 Å². The SMILES string of the molecule is COC[C@H]1NC(=O)CC/C=C\[C@H]2O[C@]34C=CCN(CCN5CCOCC5)C(=O)[C@H]3N([C@@H](CO)Cc3ccccc3)C(=O)[C@@H]4[C@H]2C(=O)O[C@@H]1c1ccccc1. The van der Waals surface area contributed by atoms with Gasteiger partial charge in [0.05, 0.1) is 50.5 Å². The number of carbonyl (C=O) groups excluding carboxylic acids is 4. The number of aliphatic hydroxyl groups excluding tert-OH is 1. The first-order valence-electron chi connectivity index (χ1n) is 19.0. The molecule has 1 spiro atoms. The lowest BCUT2D eigenvalue weighted by molar-refractivity contribution is -0.163. The van der Waals surface area contributed by atoms with Crippen LogP contribution in [0.4, 0.5) is 0 Å². The zero-order valence-corrected chi connectivity index (χ0v) is 30.7. The monoisotopic (exact) mass is 742 g/mol. The minimum atomic E-state index is -1.53. The lowest BCUT2D eigenvalue weighted by Gasteiger charge is -2.39. The van der Waals surface area contributed by atoms with Gasteiger partial charge in [0.25, 0.3) is 0 Å². The smallest absolute Gasteiger partial charge is 0.313 e. The molecule has 0 bridgehead atoms. The number of methoxy groups -OCH3 is 1. The van der Waals surface area contributed by atoms with E-state index in [0.717, 1.165) is 18.7 Å². The first-order chi connectivity index (χ1) is 26.3. The number of morpholine rings is 1. The number of ether oxygens (including phenoxy) is 4. The van der Waals surface area contributed by atoms with Crippen molar-refractivity contribution in [2.45, 2.75) is 55.2 Å². The number of nitrogens with one attached hydrogen (secondary N) is 1. The second kappa shape index (κ2) is 17.0. The van der Waals surface area contributed by atoms with Gasteiger partial charge in [0, 0.05) is 46.3 Å². The highest BCUT2D eigenvalue weighted by Gasteiger charge is 2.72. The van der Waals surface area contributed by atoms with Crippen LogP contribution in [0.15, 0.2) is 85.0 Å². The highest BCUT2D eigenvalue weighted by Crippen LogP contribution is 2.54. The number of hydrogen-bond acceptors (Lipinski definition) is 10. The lowest BCUT2D eigenvalue weighted by atomic mass is 9.77. The summed E-state index contributed by atoms with van der Waals surface area (Å²) in [6.45, 7) is 3.78. The minimum absolute atomic E-state index is 0.0658. The number of rotatable bonds is 10. The van der Waals surface area contributed by atoms with Crippen molar-refractivity contribution in [3.8, 4) is 0 Å². The summed E-state index contributed by atoms with van der Waals surface area (Å²) >= 11 is 0. The summed E-state index contributed by atoms with van der Waals surface area (Å²) in [4.78, 5) is 63.5. The number of likely N-dealkylation sites (tertiary alicyclic amines) is 1. The molecule has 54 heavy (non-hydrogen) atoms. The summed E-state index contributed by atoms with van der Waals surface area (Å²) in [6, 6.07) is 16.0. The molecule has 0 unspecified atom stereocenters. The maximum Gasteiger partial charge on any atom is 0.313 e. The highest BCUT2D eigenvalue weighted by atomic mass is 16.6. The number of cyclic esters (lactones) is 1.